The number of thiophene rings is 1. The second-order valence-corrected chi connectivity index (χ2v) is 6.84. The SMILES string of the molecule is Cc1cc(CNC(=O)c2cc(-c3cccs3)nn2C)nc(N(C)C)n1. The van der Waals surface area contributed by atoms with E-state index in [2.05, 4.69) is 20.4 Å². The summed E-state index contributed by atoms with van der Waals surface area (Å²) in [6.45, 7) is 2.25. The molecule has 3 aromatic heterocycles. The fraction of sp³-hybridized carbons (Fsp3) is 0.294. The Kier molecular flexibility index (Phi) is 4.80. The van der Waals surface area contributed by atoms with Crippen molar-refractivity contribution in [3.8, 4) is 10.6 Å². The van der Waals surface area contributed by atoms with Gasteiger partial charge in [-0.3, -0.25) is 9.48 Å². The van der Waals surface area contributed by atoms with Crippen molar-refractivity contribution >= 4 is 23.2 Å². The van der Waals surface area contributed by atoms with Crippen LogP contribution in [0.5, 0.6) is 0 Å². The summed E-state index contributed by atoms with van der Waals surface area (Å²) < 4.78 is 1.60. The van der Waals surface area contributed by atoms with Gasteiger partial charge in [0.1, 0.15) is 11.4 Å². The standard InChI is InChI=1S/C17H20N6OS/c1-11-8-12(20-17(19-11)22(2)3)10-18-16(24)14-9-13(21-23(14)4)15-6-5-7-25-15/h5-9H,10H2,1-4H3,(H,18,24). The van der Waals surface area contributed by atoms with E-state index in [4.69, 9.17) is 0 Å². The third-order valence-electron chi connectivity index (χ3n) is 3.61. The molecule has 0 spiro atoms. The van der Waals surface area contributed by atoms with E-state index in [9.17, 15) is 4.79 Å². The molecule has 1 N–H and O–H groups in total. The van der Waals surface area contributed by atoms with Gasteiger partial charge in [-0.25, -0.2) is 9.97 Å². The van der Waals surface area contributed by atoms with Crippen LogP contribution in [0.1, 0.15) is 21.9 Å². The predicted molar refractivity (Wildman–Crippen MR) is 98.8 cm³/mol. The summed E-state index contributed by atoms with van der Waals surface area (Å²) in [6, 6.07) is 7.63. The topological polar surface area (TPSA) is 75.9 Å². The van der Waals surface area contributed by atoms with Crippen molar-refractivity contribution in [2.45, 2.75) is 13.5 Å². The summed E-state index contributed by atoms with van der Waals surface area (Å²) in [5, 5.41) is 9.31. The number of amides is 1. The van der Waals surface area contributed by atoms with E-state index in [1.807, 2.05) is 49.5 Å². The van der Waals surface area contributed by atoms with Crippen LogP contribution < -0.4 is 10.2 Å². The number of carbonyl (C=O) groups excluding carboxylic acids is 1. The van der Waals surface area contributed by atoms with Crippen molar-refractivity contribution in [2.24, 2.45) is 7.05 Å². The van der Waals surface area contributed by atoms with Crippen LogP contribution in [-0.2, 0) is 13.6 Å². The molecule has 0 aliphatic heterocycles. The van der Waals surface area contributed by atoms with Crippen molar-refractivity contribution in [1.82, 2.24) is 25.1 Å². The van der Waals surface area contributed by atoms with E-state index in [0.717, 1.165) is 22.0 Å². The number of aryl methyl sites for hydroxylation is 2. The largest absolute Gasteiger partial charge is 0.347 e. The second kappa shape index (κ2) is 7.02. The van der Waals surface area contributed by atoms with E-state index < -0.39 is 0 Å². The van der Waals surface area contributed by atoms with Crippen LogP contribution in [0.25, 0.3) is 10.6 Å². The van der Waals surface area contributed by atoms with Gasteiger partial charge in [0, 0.05) is 26.8 Å². The lowest BCUT2D eigenvalue weighted by molar-refractivity contribution is 0.0941. The van der Waals surface area contributed by atoms with Crippen LogP contribution in [0.2, 0.25) is 0 Å². The summed E-state index contributed by atoms with van der Waals surface area (Å²) in [5.74, 6) is 0.449. The Morgan fingerprint density at radius 1 is 1.32 bits per heavy atom. The molecule has 3 aromatic rings. The van der Waals surface area contributed by atoms with Crippen LogP contribution in [-0.4, -0.2) is 39.8 Å². The first kappa shape index (κ1) is 17.1. The summed E-state index contributed by atoms with van der Waals surface area (Å²) in [4.78, 5) is 24.2. The van der Waals surface area contributed by atoms with Crippen molar-refractivity contribution in [3.63, 3.8) is 0 Å². The zero-order valence-electron chi connectivity index (χ0n) is 14.6. The lowest BCUT2D eigenvalue weighted by Crippen LogP contribution is -2.26. The Hall–Kier alpha value is -2.74. The summed E-state index contributed by atoms with van der Waals surface area (Å²) in [5.41, 5.74) is 2.95. The monoisotopic (exact) mass is 356 g/mol. The predicted octanol–water partition coefficient (Wildman–Crippen LogP) is 2.24. The lowest BCUT2D eigenvalue weighted by atomic mass is 10.3. The number of rotatable bonds is 5. The number of carbonyl (C=O) groups is 1. The highest BCUT2D eigenvalue weighted by Gasteiger charge is 2.15. The van der Waals surface area contributed by atoms with E-state index >= 15 is 0 Å². The Bertz CT molecular complexity index is 885. The highest BCUT2D eigenvalue weighted by molar-refractivity contribution is 7.13. The van der Waals surface area contributed by atoms with Crippen molar-refractivity contribution in [3.05, 3.63) is 46.7 Å². The van der Waals surface area contributed by atoms with Gasteiger partial charge in [0.25, 0.3) is 5.91 Å². The van der Waals surface area contributed by atoms with Gasteiger partial charge in [-0.05, 0) is 30.5 Å². The maximum Gasteiger partial charge on any atom is 0.269 e. The van der Waals surface area contributed by atoms with Crippen molar-refractivity contribution in [1.29, 1.82) is 0 Å². The molecular weight excluding hydrogens is 336 g/mol. The third kappa shape index (κ3) is 3.85. The number of nitrogens with zero attached hydrogens (tertiary/aromatic N) is 5. The van der Waals surface area contributed by atoms with E-state index in [1.54, 1.807) is 29.1 Å². The maximum absolute atomic E-state index is 12.5. The Morgan fingerprint density at radius 3 is 2.80 bits per heavy atom. The van der Waals surface area contributed by atoms with Crippen molar-refractivity contribution < 1.29 is 4.79 Å². The van der Waals surface area contributed by atoms with Crippen LogP contribution in [0, 0.1) is 6.92 Å². The average molecular weight is 356 g/mol. The third-order valence-corrected chi connectivity index (χ3v) is 4.50. The molecule has 8 heteroatoms. The molecule has 0 aromatic carbocycles. The van der Waals surface area contributed by atoms with Gasteiger partial charge < -0.3 is 10.2 Å². The fourth-order valence-corrected chi connectivity index (χ4v) is 3.07. The van der Waals surface area contributed by atoms with E-state index in [-0.39, 0.29) is 5.91 Å². The first-order chi connectivity index (χ1) is 11.9. The molecule has 0 atom stereocenters. The second-order valence-electron chi connectivity index (χ2n) is 5.89. The first-order valence-electron chi connectivity index (χ1n) is 7.82. The van der Waals surface area contributed by atoms with Gasteiger partial charge in [-0.15, -0.1) is 11.3 Å². The lowest BCUT2D eigenvalue weighted by Gasteiger charge is -2.12. The van der Waals surface area contributed by atoms with E-state index in [1.165, 1.54) is 0 Å². The smallest absolute Gasteiger partial charge is 0.269 e. The zero-order chi connectivity index (χ0) is 18.0. The summed E-state index contributed by atoms with van der Waals surface area (Å²) in [6.07, 6.45) is 0. The first-order valence-corrected chi connectivity index (χ1v) is 8.70. The Balaban J connectivity index is 1.73. The van der Waals surface area contributed by atoms with Gasteiger partial charge in [0.15, 0.2) is 0 Å². The van der Waals surface area contributed by atoms with Gasteiger partial charge >= 0.3 is 0 Å². The molecular formula is C17H20N6OS. The summed E-state index contributed by atoms with van der Waals surface area (Å²) >= 11 is 1.60. The quantitative estimate of drug-likeness (QED) is 0.759. The molecule has 25 heavy (non-hydrogen) atoms. The normalized spacial score (nSPS) is 10.7. The molecule has 0 fully saturated rings. The minimum atomic E-state index is -0.180. The minimum Gasteiger partial charge on any atom is -0.347 e. The number of hydrogen-bond acceptors (Lipinski definition) is 6. The van der Waals surface area contributed by atoms with Gasteiger partial charge in [-0.2, -0.15) is 5.10 Å². The summed E-state index contributed by atoms with van der Waals surface area (Å²) in [7, 11) is 5.54. The number of hydrogen-bond donors (Lipinski definition) is 1. The van der Waals surface area contributed by atoms with Crippen molar-refractivity contribution in [2.75, 3.05) is 19.0 Å². The maximum atomic E-state index is 12.5. The van der Waals surface area contributed by atoms with Gasteiger partial charge in [0.05, 0.1) is 17.1 Å². The molecule has 130 valence electrons. The molecule has 0 saturated heterocycles. The molecule has 0 aliphatic carbocycles. The molecule has 0 saturated carbocycles. The molecule has 0 unspecified atom stereocenters. The minimum absolute atomic E-state index is 0.180. The number of aromatic nitrogens is 4. The van der Waals surface area contributed by atoms with E-state index in [0.29, 0.717) is 18.2 Å². The van der Waals surface area contributed by atoms with Crippen LogP contribution >= 0.6 is 11.3 Å². The van der Waals surface area contributed by atoms with Crippen LogP contribution in [0.3, 0.4) is 0 Å². The molecule has 3 heterocycles. The van der Waals surface area contributed by atoms with Gasteiger partial charge in [0.2, 0.25) is 5.95 Å². The van der Waals surface area contributed by atoms with Crippen LogP contribution in [0.4, 0.5) is 5.95 Å². The average Bonchev–Trinajstić information content (AvgIpc) is 3.21. The Labute approximate surface area is 150 Å². The molecule has 7 nitrogen and oxygen atoms in total. The molecule has 1 amide bonds. The highest BCUT2D eigenvalue weighted by atomic mass is 32.1. The molecule has 0 bridgehead atoms. The molecule has 0 aliphatic rings. The van der Waals surface area contributed by atoms with Crippen LogP contribution in [0.15, 0.2) is 29.6 Å². The Morgan fingerprint density at radius 2 is 2.12 bits per heavy atom. The number of nitrogens with one attached hydrogen (secondary N) is 1. The zero-order valence-corrected chi connectivity index (χ0v) is 15.5. The van der Waals surface area contributed by atoms with Gasteiger partial charge in [-0.1, -0.05) is 6.07 Å². The fourth-order valence-electron chi connectivity index (χ4n) is 2.39. The highest BCUT2D eigenvalue weighted by Crippen LogP contribution is 2.23. The molecule has 0 radical (unpaired) electrons. The molecule has 3 rings (SSSR count). The number of anilines is 1.